The number of carbonyl (C=O) groups is 3. The molecule has 3 rings (SSSR count). The Balaban J connectivity index is 2.09. The van der Waals surface area contributed by atoms with Crippen LogP contribution in [0.1, 0.15) is 11.1 Å². The molecule has 1 fully saturated rings. The zero-order chi connectivity index (χ0) is 19.9. The minimum atomic E-state index is -0.856. The summed E-state index contributed by atoms with van der Waals surface area (Å²) in [5.74, 6) is -1.85. The normalized spacial score (nSPS) is 16.1. The summed E-state index contributed by atoms with van der Waals surface area (Å²) in [5, 5.41) is 12.6. The first-order chi connectivity index (χ1) is 12.7. The van der Waals surface area contributed by atoms with E-state index in [0.717, 1.165) is 14.9 Å². The largest absolute Gasteiger partial charge is 0.506 e. The van der Waals surface area contributed by atoms with E-state index < -0.39 is 17.8 Å². The fourth-order valence-electron chi connectivity index (χ4n) is 2.51. The van der Waals surface area contributed by atoms with Gasteiger partial charge in [-0.05, 0) is 64.8 Å². The predicted octanol–water partition coefficient (Wildman–Crippen LogP) is 4.55. The third-order valence-corrected chi connectivity index (χ3v) is 5.57. The van der Waals surface area contributed by atoms with Gasteiger partial charge >= 0.3 is 6.03 Å². The number of phenols is 1. The van der Waals surface area contributed by atoms with Gasteiger partial charge in [-0.15, -0.1) is 0 Å². The van der Waals surface area contributed by atoms with Crippen LogP contribution in [0.3, 0.4) is 0 Å². The van der Waals surface area contributed by atoms with E-state index in [4.69, 9.17) is 11.6 Å². The Morgan fingerprint density at radius 1 is 1.11 bits per heavy atom. The number of aryl methyl sites for hydroxylation is 1. The zero-order valence-corrected chi connectivity index (χ0v) is 17.6. The Morgan fingerprint density at radius 3 is 2.48 bits per heavy atom. The molecule has 4 amide bonds. The molecule has 2 aromatic rings. The average molecular weight is 515 g/mol. The van der Waals surface area contributed by atoms with E-state index in [1.165, 1.54) is 18.2 Å². The van der Waals surface area contributed by atoms with Crippen molar-refractivity contribution >= 4 is 73.1 Å². The number of imide groups is 2. The summed E-state index contributed by atoms with van der Waals surface area (Å²) in [6, 6.07) is 6.95. The Labute approximate surface area is 176 Å². The summed E-state index contributed by atoms with van der Waals surface area (Å²) in [4.78, 5) is 38.2. The maximum absolute atomic E-state index is 12.9. The van der Waals surface area contributed by atoms with Gasteiger partial charge in [0.25, 0.3) is 11.8 Å². The van der Waals surface area contributed by atoms with E-state index in [2.05, 4.69) is 37.2 Å². The molecule has 1 saturated heterocycles. The molecule has 27 heavy (non-hydrogen) atoms. The molecule has 1 aliphatic rings. The number of urea groups is 1. The maximum atomic E-state index is 12.9. The lowest BCUT2D eigenvalue weighted by atomic mass is 10.1. The molecular formula is C18H11Br2ClN2O4. The van der Waals surface area contributed by atoms with Gasteiger partial charge in [0, 0.05) is 15.1 Å². The number of rotatable bonds is 2. The van der Waals surface area contributed by atoms with E-state index in [1.54, 1.807) is 18.2 Å². The molecular weight excluding hydrogens is 503 g/mol. The number of anilines is 1. The lowest BCUT2D eigenvalue weighted by Crippen LogP contribution is -2.54. The molecule has 0 bridgehead atoms. The highest BCUT2D eigenvalue weighted by Gasteiger charge is 2.37. The van der Waals surface area contributed by atoms with E-state index in [-0.39, 0.29) is 16.9 Å². The molecule has 0 aromatic heterocycles. The van der Waals surface area contributed by atoms with Crippen LogP contribution >= 0.6 is 43.5 Å². The molecule has 0 unspecified atom stereocenters. The van der Waals surface area contributed by atoms with Crippen molar-refractivity contribution in [2.24, 2.45) is 0 Å². The van der Waals surface area contributed by atoms with E-state index in [0.29, 0.717) is 15.2 Å². The summed E-state index contributed by atoms with van der Waals surface area (Å²) in [6.45, 7) is 1.81. The summed E-state index contributed by atoms with van der Waals surface area (Å²) >= 11 is 12.5. The molecule has 0 aliphatic carbocycles. The second-order valence-electron chi connectivity index (χ2n) is 5.72. The van der Waals surface area contributed by atoms with Crippen LogP contribution in [-0.2, 0) is 9.59 Å². The zero-order valence-electron chi connectivity index (χ0n) is 13.7. The van der Waals surface area contributed by atoms with Crippen molar-refractivity contribution in [3.63, 3.8) is 0 Å². The minimum absolute atomic E-state index is 0.161. The van der Waals surface area contributed by atoms with Gasteiger partial charge in [-0.3, -0.25) is 14.9 Å². The second-order valence-corrected chi connectivity index (χ2v) is 7.86. The first-order valence-corrected chi connectivity index (χ1v) is 9.51. The minimum Gasteiger partial charge on any atom is -0.506 e. The van der Waals surface area contributed by atoms with Crippen LogP contribution in [0, 0.1) is 6.92 Å². The van der Waals surface area contributed by atoms with Crippen LogP contribution in [0.5, 0.6) is 5.75 Å². The lowest BCUT2D eigenvalue weighted by molar-refractivity contribution is -0.122. The number of halogens is 3. The van der Waals surface area contributed by atoms with Crippen molar-refractivity contribution in [2.75, 3.05) is 4.90 Å². The highest BCUT2D eigenvalue weighted by molar-refractivity contribution is 9.10. The summed E-state index contributed by atoms with van der Waals surface area (Å²) < 4.78 is 1.12. The molecule has 2 N–H and O–H groups in total. The summed E-state index contributed by atoms with van der Waals surface area (Å²) in [7, 11) is 0. The molecule has 6 nitrogen and oxygen atoms in total. The van der Waals surface area contributed by atoms with Gasteiger partial charge < -0.3 is 5.11 Å². The van der Waals surface area contributed by atoms with E-state index in [1.807, 2.05) is 6.92 Å². The van der Waals surface area contributed by atoms with E-state index >= 15 is 0 Å². The number of amides is 4. The molecule has 0 atom stereocenters. The number of nitrogens with zero attached hydrogens (tertiary/aromatic N) is 1. The number of hydrogen-bond acceptors (Lipinski definition) is 4. The van der Waals surface area contributed by atoms with Crippen molar-refractivity contribution in [2.45, 2.75) is 6.92 Å². The fourth-order valence-corrected chi connectivity index (χ4v) is 3.59. The van der Waals surface area contributed by atoms with Gasteiger partial charge in [0.2, 0.25) is 0 Å². The molecule has 9 heteroatoms. The van der Waals surface area contributed by atoms with Gasteiger partial charge in [0.1, 0.15) is 11.3 Å². The van der Waals surface area contributed by atoms with Gasteiger partial charge in [-0.2, -0.15) is 0 Å². The SMILES string of the molecule is Cc1cc(N2C(=O)NC(=O)/C(=C\c3cc(Cl)cc(Br)c3O)C2=O)ccc1Br. The first-order valence-electron chi connectivity index (χ1n) is 7.54. The highest BCUT2D eigenvalue weighted by atomic mass is 79.9. The quantitative estimate of drug-likeness (QED) is 0.455. The third-order valence-electron chi connectivity index (χ3n) is 3.86. The standard InChI is InChI=1S/C18H11Br2ClN2O4/c1-8-4-11(2-3-13(8)19)23-17(26)12(16(25)22-18(23)27)6-9-5-10(21)7-14(20)15(9)24/h2-7,24H,1H3,(H,22,25,27)/b12-6+. The Kier molecular flexibility index (Phi) is 5.41. The maximum Gasteiger partial charge on any atom is 0.335 e. The number of phenolic OH excluding ortho intramolecular Hbond substituents is 1. The number of barbiturate groups is 1. The summed E-state index contributed by atoms with van der Waals surface area (Å²) in [6.07, 6.45) is 1.19. The predicted molar refractivity (Wildman–Crippen MR) is 109 cm³/mol. The van der Waals surface area contributed by atoms with Crippen LogP contribution in [0.25, 0.3) is 6.08 Å². The highest BCUT2D eigenvalue weighted by Crippen LogP contribution is 2.34. The van der Waals surface area contributed by atoms with Crippen LogP contribution < -0.4 is 10.2 Å². The molecule has 138 valence electrons. The van der Waals surface area contributed by atoms with Crippen LogP contribution in [0.2, 0.25) is 5.02 Å². The van der Waals surface area contributed by atoms with Crippen molar-refractivity contribution in [1.82, 2.24) is 5.32 Å². The first kappa shape index (κ1) is 19.6. The van der Waals surface area contributed by atoms with Gasteiger partial charge in [0.05, 0.1) is 10.2 Å². The number of aromatic hydroxyl groups is 1. The van der Waals surface area contributed by atoms with Crippen molar-refractivity contribution < 1.29 is 19.5 Å². The van der Waals surface area contributed by atoms with Gasteiger partial charge in [-0.25, -0.2) is 9.69 Å². The molecule has 0 saturated carbocycles. The monoisotopic (exact) mass is 512 g/mol. The van der Waals surface area contributed by atoms with Gasteiger partial charge in [-0.1, -0.05) is 27.5 Å². The topological polar surface area (TPSA) is 86.7 Å². The van der Waals surface area contributed by atoms with Crippen molar-refractivity contribution in [1.29, 1.82) is 0 Å². The summed E-state index contributed by atoms with van der Waals surface area (Å²) in [5.41, 5.74) is 0.980. The number of benzene rings is 2. The van der Waals surface area contributed by atoms with Crippen molar-refractivity contribution in [3.05, 3.63) is 61.0 Å². The second kappa shape index (κ2) is 7.46. The lowest BCUT2D eigenvalue weighted by Gasteiger charge is -2.26. The number of carbonyl (C=O) groups excluding carboxylic acids is 3. The third kappa shape index (κ3) is 3.78. The average Bonchev–Trinajstić information content (AvgIpc) is 2.58. The number of nitrogens with one attached hydrogen (secondary N) is 1. The fraction of sp³-hybridized carbons (Fsp3) is 0.0556. The van der Waals surface area contributed by atoms with Crippen molar-refractivity contribution in [3.8, 4) is 5.75 Å². The molecule has 2 aromatic carbocycles. The van der Waals surface area contributed by atoms with Gasteiger partial charge in [0.15, 0.2) is 0 Å². The van der Waals surface area contributed by atoms with E-state index in [9.17, 15) is 19.5 Å². The molecule has 0 radical (unpaired) electrons. The molecule has 1 aliphatic heterocycles. The Hall–Kier alpha value is -2.16. The number of hydrogen-bond donors (Lipinski definition) is 2. The van der Waals surface area contributed by atoms with Crippen LogP contribution in [0.15, 0.2) is 44.9 Å². The van der Waals surface area contributed by atoms with Crippen LogP contribution in [-0.4, -0.2) is 23.0 Å². The Bertz CT molecular complexity index is 1040. The molecule has 0 spiro atoms. The Morgan fingerprint density at radius 2 is 1.81 bits per heavy atom. The smallest absolute Gasteiger partial charge is 0.335 e. The van der Waals surface area contributed by atoms with Crippen LogP contribution in [0.4, 0.5) is 10.5 Å². The molecule has 1 heterocycles.